The van der Waals surface area contributed by atoms with E-state index in [1.807, 2.05) is 13.8 Å². The number of anilines is 1. The maximum absolute atomic E-state index is 13.5. The molecule has 4 rings (SSSR count). The lowest BCUT2D eigenvalue weighted by Gasteiger charge is -2.41. The van der Waals surface area contributed by atoms with Gasteiger partial charge in [0.25, 0.3) is 0 Å². The monoisotopic (exact) mass is 556 g/mol. The Labute approximate surface area is 221 Å². The van der Waals surface area contributed by atoms with Crippen LogP contribution in [0.25, 0.3) is 10.9 Å². The Morgan fingerprint density at radius 3 is 2.53 bits per heavy atom. The number of benzene rings is 1. The molecular weight excluding hydrogens is 521 g/mol. The van der Waals surface area contributed by atoms with E-state index in [9.17, 15) is 26.4 Å². The summed E-state index contributed by atoms with van der Waals surface area (Å²) in [6.45, 7) is 7.63. The number of sulfone groups is 1. The molecule has 2 heterocycles. The van der Waals surface area contributed by atoms with Crippen molar-refractivity contribution in [2.45, 2.75) is 89.1 Å². The predicted molar refractivity (Wildman–Crippen MR) is 138 cm³/mol. The SMILES string of the molecule is CC(C)O[C@H]1CC[C@H](N2CC[C@H](Nc3ncnc4ccc(C(F)(F)F)cc34)C2=O)[C@H](CS(=O)(=O)C(C)C)C1. The first-order chi connectivity index (χ1) is 17.8. The van der Waals surface area contributed by atoms with Crippen LogP contribution in [0.2, 0.25) is 0 Å². The fraction of sp³-hybridized carbons (Fsp3) is 0.654. The average molecular weight is 557 g/mol. The number of carbonyl (C=O) groups is 1. The van der Waals surface area contributed by atoms with E-state index in [1.54, 1.807) is 18.7 Å². The van der Waals surface area contributed by atoms with Crippen LogP contribution in [0, 0.1) is 5.92 Å². The van der Waals surface area contributed by atoms with Crippen molar-refractivity contribution < 1.29 is 31.1 Å². The van der Waals surface area contributed by atoms with Crippen LogP contribution in [-0.4, -0.2) is 71.0 Å². The van der Waals surface area contributed by atoms with Crippen molar-refractivity contribution >= 4 is 32.5 Å². The predicted octanol–water partition coefficient (Wildman–Crippen LogP) is 4.45. The van der Waals surface area contributed by atoms with Gasteiger partial charge in [-0.3, -0.25) is 4.79 Å². The second kappa shape index (κ2) is 11.0. The number of hydrogen-bond donors (Lipinski definition) is 1. The molecule has 1 N–H and O–H groups in total. The number of rotatable bonds is 8. The molecule has 0 unspecified atom stereocenters. The Morgan fingerprint density at radius 1 is 1.13 bits per heavy atom. The number of carbonyl (C=O) groups excluding carboxylic acids is 1. The fourth-order valence-corrected chi connectivity index (χ4v) is 6.81. The molecule has 1 aliphatic carbocycles. The molecule has 1 saturated carbocycles. The van der Waals surface area contributed by atoms with Crippen LogP contribution < -0.4 is 5.32 Å². The standard InChI is InChI=1S/C26H35F3N4O4S/c1-15(2)37-19-6-8-23(17(11-19)13-38(35,36)16(3)4)33-10-9-22(25(33)34)32-24-20-12-18(26(27,28)29)5-7-21(20)30-14-31-24/h5,7,12,14-17,19,22-23H,6,8-11,13H2,1-4H3,(H,30,31,32)/t17-,19-,22-,23-/m0/s1. The van der Waals surface area contributed by atoms with Gasteiger partial charge in [0.1, 0.15) is 18.2 Å². The summed E-state index contributed by atoms with van der Waals surface area (Å²) in [4.78, 5) is 23.5. The Morgan fingerprint density at radius 2 is 1.87 bits per heavy atom. The van der Waals surface area contributed by atoms with E-state index in [2.05, 4.69) is 15.3 Å². The lowest BCUT2D eigenvalue weighted by molar-refractivity contribution is -0.137. The van der Waals surface area contributed by atoms with E-state index >= 15 is 0 Å². The Bertz CT molecular complexity index is 1270. The smallest absolute Gasteiger partial charge is 0.376 e. The minimum Gasteiger partial charge on any atom is -0.376 e. The molecule has 2 fully saturated rings. The molecule has 1 aliphatic heterocycles. The zero-order valence-electron chi connectivity index (χ0n) is 22.0. The van der Waals surface area contributed by atoms with Crippen LogP contribution in [0.3, 0.4) is 0 Å². The van der Waals surface area contributed by atoms with Crippen molar-refractivity contribution in [2.75, 3.05) is 17.6 Å². The van der Waals surface area contributed by atoms with E-state index in [0.717, 1.165) is 18.6 Å². The molecule has 2 aliphatic rings. The normalized spacial score (nSPS) is 25.1. The number of alkyl halides is 3. The van der Waals surface area contributed by atoms with Gasteiger partial charge in [0.2, 0.25) is 5.91 Å². The van der Waals surface area contributed by atoms with Crippen LogP contribution in [-0.2, 0) is 25.5 Å². The van der Waals surface area contributed by atoms with Gasteiger partial charge in [-0.25, -0.2) is 18.4 Å². The molecule has 1 saturated heterocycles. The van der Waals surface area contributed by atoms with Gasteiger partial charge in [0.15, 0.2) is 9.84 Å². The highest BCUT2D eigenvalue weighted by Crippen LogP contribution is 2.36. The molecule has 4 atom stereocenters. The molecule has 210 valence electrons. The number of fused-ring (bicyclic) bond motifs is 1. The molecule has 0 radical (unpaired) electrons. The maximum Gasteiger partial charge on any atom is 0.416 e. The van der Waals surface area contributed by atoms with Gasteiger partial charge in [-0.05, 0) is 77.5 Å². The molecule has 8 nitrogen and oxygen atoms in total. The number of likely N-dealkylation sites (tertiary alicyclic amines) is 1. The topological polar surface area (TPSA) is 101 Å². The van der Waals surface area contributed by atoms with Gasteiger partial charge in [0, 0.05) is 18.0 Å². The molecule has 12 heteroatoms. The third-order valence-electron chi connectivity index (χ3n) is 7.44. The maximum atomic E-state index is 13.5. The first-order valence-electron chi connectivity index (χ1n) is 13.0. The quantitative estimate of drug-likeness (QED) is 0.513. The summed E-state index contributed by atoms with van der Waals surface area (Å²) in [6.07, 6.45) is -1.01. The summed E-state index contributed by atoms with van der Waals surface area (Å²) in [6, 6.07) is 2.29. The van der Waals surface area contributed by atoms with Gasteiger partial charge in [-0.2, -0.15) is 13.2 Å². The third kappa shape index (κ3) is 6.22. The average Bonchev–Trinajstić information content (AvgIpc) is 3.17. The van der Waals surface area contributed by atoms with Crippen LogP contribution in [0.15, 0.2) is 24.5 Å². The highest BCUT2D eigenvalue weighted by Gasteiger charge is 2.44. The lowest BCUT2D eigenvalue weighted by Crippen LogP contribution is -2.50. The summed E-state index contributed by atoms with van der Waals surface area (Å²) in [7, 11) is -3.35. The first-order valence-corrected chi connectivity index (χ1v) is 14.7. The Hall–Kier alpha value is -2.47. The summed E-state index contributed by atoms with van der Waals surface area (Å²) >= 11 is 0. The van der Waals surface area contributed by atoms with Crippen molar-refractivity contribution in [2.24, 2.45) is 5.92 Å². The van der Waals surface area contributed by atoms with Crippen molar-refractivity contribution in [1.29, 1.82) is 0 Å². The number of nitrogens with zero attached hydrogens (tertiary/aromatic N) is 3. The van der Waals surface area contributed by atoms with Crippen molar-refractivity contribution in [3.63, 3.8) is 0 Å². The first kappa shape index (κ1) is 28.5. The minimum atomic E-state index is -4.52. The van der Waals surface area contributed by atoms with E-state index in [1.165, 1.54) is 12.4 Å². The number of ether oxygens (including phenoxy) is 1. The number of aromatic nitrogens is 2. The van der Waals surface area contributed by atoms with E-state index < -0.39 is 32.9 Å². The Balaban J connectivity index is 1.55. The summed E-state index contributed by atoms with van der Waals surface area (Å²) in [5, 5.41) is 2.70. The van der Waals surface area contributed by atoms with Gasteiger partial charge < -0.3 is 15.0 Å². The number of halogens is 3. The molecule has 38 heavy (non-hydrogen) atoms. The summed E-state index contributed by atoms with van der Waals surface area (Å²) < 4.78 is 71.6. The third-order valence-corrected chi connectivity index (χ3v) is 9.77. The molecule has 1 aromatic carbocycles. The molecule has 0 bridgehead atoms. The molecular formula is C26H35F3N4O4S. The largest absolute Gasteiger partial charge is 0.416 e. The van der Waals surface area contributed by atoms with Crippen LogP contribution in [0.1, 0.15) is 58.9 Å². The minimum absolute atomic E-state index is 0.0152. The summed E-state index contributed by atoms with van der Waals surface area (Å²) in [5.74, 6) is -0.332. The lowest BCUT2D eigenvalue weighted by atomic mass is 9.83. The van der Waals surface area contributed by atoms with Crippen LogP contribution >= 0.6 is 0 Å². The van der Waals surface area contributed by atoms with E-state index in [4.69, 9.17) is 4.74 Å². The molecule has 2 aromatic rings. The van der Waals surface area contributed by atoms with Gasteiger partial charge in [0.05, 0.1) is 34.3 Å². The van der Waals surface area contributed by atoms with Crippen LogP contribution in [0.4, 0.5) is 19.0 Å². The molecule has 1 amide bonds. The second-order valence-corrected chi connectivity index (χ2v) is 13.4. The van der Waals surface area contributed by atoms with Gasteiger partial charge in [-0.1, -0.05) is 0 Å². The van der Waals surface area contributed by atoms with E-state index in [-0.39, 0.29) is 47.0 Å². The summed E-state index contributed by atoms with van der Waals surface area (Å²) in [5.41, 5.74) is -0.489. The highest BCUT2D eigenvalue weighted by molar-refractivity contribution is 7.91. The highest BCUT2D eigenvalue weighted by atomic mass is 32.2. The second-order valence-electron chi connectivity index (χ2n) is 10.8. The number of hydrogen-bond acceptors (Lipinski definition) is 7. The number of amides is 1. The number of nitrogens with one attached hydrogen (secondary N) is 1. The molecule has 1 aromatic heterocycles. The van der Waals surface area contributed by atoms with Crippen molar-refractivity contribution in [3.05, 3.63) is 30.1 Å². The molecule has 0 spiro atoms. The fourth-order valence-electron chi connectivity index (χ4n) is 5.47. The van der Waals surface area contributed by atoms with Gasteiger partial charge >= 0.3 is 6.18 Å². The van der Waals surface area contributed by atoms with E-state index in [0.29, 0.717) is 31.3 Å². The zero-order valence-corrected chi connectivity index (χ0v) is 22.8. The van der Waals surface area contributed by atoms with Gasteiger partial charge in [-0.15, -0.1) is 0 Å². The van der Waals surface area contributed by atoms with Crippen molar-refractivity contribution in [3.8, 4) is 0 Å². The van der Waals surface area contributed by atoms with Crippen LogP contribution in [0.5, 0.6) is 0 Å². The Kier molecular flexibility index (Phi) is 8.23. The zero-order chi connectivity index (χ0) is 27.8. The van der Waals surface area contributed by atoms with Crippen molar-refractivity contribution in [1.82, 2.24) is 14.9 Å².